The number of hydrogen-bond donors (Lipinski definition) is 0. The van der Waals surface area contributed by atoms with Crippen molar-refractivity contribution >= 4 is 5.91 Å². The number of nitrogens with zero attached hydrogens (tertiary/aromatic N) is 4. The van der Waals surface area contributed by atoms with Crippen LogP contribution in [0.4, 0.5) is 0 Å². The zero-order valence-corrected chi connectivity index (χ0v) is 11.5. The second-order valence-corrected chi connectivity index (χ2v) is 5.49. The van der Waals surface area contributed by atoms with E-state index < -0.39 is 0 Å². The van der Waals surface area contributed by atoms with Gasteiger partial charge in [-0.25, -0.2) is 0 Å². The minimum Gasteiger partial charge on any atom is -0.340 e. The molecule has 1 aromatic heterocycles. The highest BCUT2D eigenvalue weighted by Crippen LogP contribution is 2.31. The Morgan fingerprint density at radius 2 is 2.00 bits per heavy atom. The number of aryl methyl sites for hydroxylation is 1. The van der Waals surface area contributed by atoms with Gasteiger partial charge in [0.15, 0.2) is 5.82 Å². The molecule has 1 amide bonds. The predicted octanol–water partition coefficient (Wildman–Crippen LogP) is 0.993. The van der Waals surface area contributed by atoms with Crippen molar-refractivity contribution in [2.75, 3.05) is 26.2 Å². The van der Waals surface area contributed by atoms with Crippen molar-refractivity contribution in [2.24, 2.45) is 5.92 Å². The highest BCUT2D eigenvalue weighted by molar-refractivity contribution is 5.81. The molecule has 2 fully saturated rings. The van der Waals surface area contributed by atoms with Gasteiger partial charge in [0.05, 0.1) is 6.04 Å². The summed E-state index contributed by atoms with van der Waals surface area (Å²) in [7, 11) is 0. The number of amides is 1. The van der Waals surface area contributed by atoms with Gasteiger partial charge in [0, 0.05) is 32.1 Å². The van der Waals surface area contributed by atoms with Crippen molar-refractivity contribution in [3.05, 3.63) is 11.7 Å². The first-order chi connectivity index (χ1) is 9.15. The minimum atomic E-state index is 0.124. The Kier molecular flexibility index (Phi) is 3.26. The molecule has 0 radical (unpaired) electrons. The summed E-state index contributed by atoms with van der Waals surface area (Å²) in [5, 5.41) is 3.83. The summed E-state index contributed by atoms with van der Waals surface area (Å²) in [5.41, 5.74) is 0. The molecule has 1 saturated heterocycles. The van der Waals surface area contributed by atoms with Crippen molar-refractivity contribution < 1.29 is 9.32 Å². The van der Waals surface area contributed by atoms with Gasteiger partial charge in [-0.05, 0) is 26.7 Å². The maximum Gasteiger partial charge on any atom is 0.243 e. The number of carbonyl (C=O) groups excluding carboxylic acids is 1. The number of carbonyl (C=O) groups is 1. The molecule has 1 aliphatic heterocycles. The fourth-order valence-corrected chi connectivity index (χ4v) is 2.56. The molecule has 6 heteroatoms. The molecule has 0 aromatic carbocycles. The first kappa shape index (κ1) is 12.6. The van der Waals surface area contributed by atoms with E-state index in [9.17, 15) is 4.79 Å². The zero-order chi connectivity index (χ0) is 13.4. The summed E-state index contributed by atoms with van der Waals surface area (Å²) in [5.74, 6) is 2.01. The van der Waals surface area contributed by atoms with Crippen molar-refractivity contribution in [2.45, 2.75) is 32.7 Å². The average Bonchev–Trinajstić information content (AvgIpc) is 3.19. The Balaban J connectivity index is 1.56. The quantitative estimate of drug-likeness (QED) is 0.814. The van der Waals surface area contributed by atoms with Gasteiger partial charge < -0.3 is 9.42 Å². The molecule has 1 aromatic rings. The van der Waals surface area contributed by atoms with Crippen LogP contribution in [0.15, 0.2) is 4.52 Å². The van der Waals surface area contributed by atoms with Crippen molar-refractivity contribution in [1.29, 1.82) is 0 Å². The first-order valence-corrected chi connectivity index (χ1v) is 6.98. The number of aromatic nitrogens is 2. The van der Waals surface area contributed by atoms with Gasteiger partial charge in [-0.3, -0.25) is 9.69 Å². The van der Waals surface area contributed by atoms with Crippen LogP contribution in [-0.2, 0) is 4.79 Å². The van der Waals surface area contributed by atoms with E-state index in [1.165, 1.54) is 0 Å². The van der Waals surface area contributed by atoms with E-state index in [2.05, 4.69) is 22.0 Å². The molecule has 1 atom stereocenters. The molecular weight excluding hydrogens is 244 g/mol. The van der Waals surface area contributed by atoms with Crippen LogP contribution in [0.25, 0.3) is 0 Å². The van der Waals surface area contributed by atoms with E-state index in [0.717, 1.165) is 39.0 Å². The molecule has 1 aliphatic carbocycles. The van der Waals surface area contributed by atoms with Gasteiger partial charge in [0.1, 0.15) is 0 Å². The summed E-state index contributed by atoms with van der Waals surface area (Å²) < 4.78 is 5.22. The molecule has 19 heavy (non-hydrogen) atoms. The molecule has 6 nitrogen and oxygen atoms in total. The van der Waals surface area contributed by atoms with Crippen LogP contribution in [0, 0.1) is 12.8 Å². The van der Waals surface area contributed by atoms with Crippen LogP contribution in [0.2, 0.25) is 0 Å². The third-order valence-corrected chi connectivity index (χ3v) is 4.00. The SMILES string of the molecule is Cc1noc(C(C)N2CCN(C(=O)C3CC3)CC2)n1. The van der Waals surface area contributed by atoms with Gasteiger partial charge in [0.2, 0.25) is 11.8 Å². The molecule has 1 saturated carbocycles. The van der Waals surface area contributed by atoms with Gasteiger partial charge in [0.25, 0.3) is 0 Å². The van der Waals surface area contributed by atoms with Crippen molar-refractivity contribution in [3.63, 3.8) is 0 Å². The van der Waals surface area contributed by atoms with Gasteiger partial charge >= 0.3 is 0 Å². The van der Waals surface area contributed by atoms with Crippen LogP contribution in [0.3, 0.4) is 0 Å². The average molecular weight is 264 g/mol. The van der Waals surface area contributed by atoms with Crippen LogP contribution in [0.1, 0.15) is 37.5 Å². The summed E-state index contributed by atoms with van der Waals surface area (Å²) in [6.45, 7) is 7.28. The Hall–Kier alpha value is -1.43. The largest absolute Gasteiger partial charge is 0.340 e. The summed E-state index contributed by atoms with van der Waals surface area (Å²) >= 11 is 0. The molecule has 104 valence electrons. The summed E-state index contributed by atoms with van der Waals surface area (Å²) in [6, 6.07) is 0.124. The summed E-state index contributed by atoms with van der Waals surface area (Å²) in [4.78, 5) is 20.6. The van der Waals surface area contributed by atoms with Crippen LogP contribution >= 0.6 is 0 Å². The predicted molar refractivity (Wildman–Crippen MR) is 68.3 cm³/mol. The molecule has 0 N–H and O–H groups in total. The molecule has 0 bridgehead atoms. The lowest BCUT2D eigenvalue weighted by Crippen LogP contribution is -2.49. The monoisotopic (exact) mass is 264 g/mol. The lowest BCUT2D eigenvalue weighted by atomic mass is 10.2. The fourth-order valence-electron chi connectivity index (χ4n) is 2.56. The van der Waals surface area contributed by atoms with Crippen LogP contribution in [0.5, 0.6) is 0 Å². The minimum absolute atomic E-state index is 0.124. The highest BCUT2D eigenvalue weighted by Gasteiger charge is 2.35. The Morgan fingerprint density at radius 3 is 2.53 bits per heavy atom. The smallest absolute Gasteiger partial charge is 0.243 e. The standard InChI is InChI=1S/C13H20N4O2/c1-9(12-14-10(2)15-19-12)16-5-7-17(8-6-16)13(18)11-3-4-11/h9,11H,3-8H2,1-2H3. The first-order valence-electron chi connectivity index (χ1n) is 6.98. The second-order valence-electron chi connectivity index (χ2n) is 5.49. The number of rotatable bonds is 3. The van der Waals surface area contributed by atoms with Crippen molar-refractivity contribution in [3.8, 4) is 0 Å². The third-order valence-electron chi connectivity index (χ3n) is 4.00. The fraction of sp³-hybridized carbons (Fsp3) is 0.769. The van der Waals surface area contributed by atoms with Gasteiger partial charge in [-0.2, -0.15) is 4.98 Å². The van der Waals surface area contributed by atoms with E-state index in [-0.39, 0.29) is 6.04 Å². The second kappa shape index (κ2) is 4.92. The Labute approximate surface area is 112 Å². The maximum absolute atomic E-state index is 12.0. The van der Waals surface area contributed by atoms with E-state index >= 15 is 0 Å². The molecule has 2 aliphatic rings. The molecule has 2 heterocycles. The van der Waals surface area contributed by atoms with Crippen LogP contribution in [-0.4, -0.2) is 52.0 Å². The molecule has 1 unspecified atom stereocenters. The highest BCUT2D eigenvalue weighted by atomic mass is 16.5. The van der Waals surface area contributed by atoms with Crippen molar-refractivity contribution in [1.82, 2.24) is 19.9 Å². The molecule has 3 rings (SSSR count). The lowest BCUT2D eigenvalue weighted by Gasteiger charge is -2.36. The number of piperazine rings is 1. The summed E-state index contributed by atoms with van der Waals surface area (Å²) in [6.07, 6.45) is 2.16. The third kappa shape index (κ3) is 2.63. The normalized spacial score (nSPS) is 22.5. The van der Waals surface area contributed by atoms with E-state index in [1.54, 1.807) is 0 Å². The Bertz CT molecular complexity index is 461. The van der Waals surface area contributed by atoms with E-state index in [0.29, 0.717) is 23.5 Å². The lowest BCUT2D eigenvalue weighted by molar-refractivity contribution is -0.134. The van der Waals surface area contributed by atoms with E-state index in [4.69, 9.17) is 4.52 Å². The number of hydrogen-bond acceptors (Lipinski definition) is 5. The Morgan fingerprint density at radius 1 is 1.32 bits per heavy atom. The van der Waals surface area contributed by atoms with Crippen LogP contribution < -0.4 is 0 Å². The maximum atomic E-state index is 12.0. The van der Waals surface area contributed by atoms with Gasteiger partial charge in [-0.1, -0.05) is 5.16 Å². The zero-order valence-electron chi connectivity index (χ0n) is 11.5. The van der Waals surface area contributed by atoms with E-state index in [1.807, 2.05) is 11.8 Å². The van der Waals surface area contributed by atoms with Gasteiger partial charge in [-0.15, -0.1) is 0 Å². The molecule has 0 spiro atoms. The molecular formula is C13H20N4O2. The topological polar surface area (TPSA) is 62.5 Å².